The van der Waals surface area contributed by atoms with Crippen molar-refractivity contribution in [1.82, 2.24) is 15.0 Å². The van der Waals surface area contributed by atoms with Crippen LogP contribution in [0.3, 0.4) is 0 Å². The smallest absolute Gasteiger partial charge is 0.360 e. The molecule has 0 aliphatic heterocycles. The maximum absolute atomic E-state index is 11.6. The molecule has 0 spiro atoms. The monoisotopic (exact) mass is 309 g/mol. The molecule has 0 unspecified atom stereocenters. The summed E-state index contributed by atoms with van der Waals surface area (Å²) in [6, 6.07) is 7.25. The molecule has 0 N–H and O–H groups in total. The summed E-state index contributed by atoms with van der Waals surface area (Å²) in [6.07, 6.45) is 0.628. The van der Waals surface area contributed by atoms with E-state index in [1.54, 1.807) is 16.8 Å². The zero-order valence-electron chi connectivity index (χ0n) is 11.9. The van der Waals surface area contributed by atoms with Gasteiger partial charge in [0.25, 0.3) is 0 Å². The predicted molar refractivity (Wildman–Crippen MR) is 77.7 cm³/mol. The van der Waals surface area contributed by atoms with Crippen molar-refractivity contribution in [2.24, 2.45) is 0 Å². The van der Waals surface area contributed by atoms with E-state index in [0.717, 1.165) is 5.69 Å². The highest BCUT2D eigenvalue weighted by atomic mass is 35.5. The molecule has 0 saturated heterocycles. The number of carbonyl (C=O) groups is 1. The van der Waals surface area contributed by atoms with E-state index >= 15 is 0 Å². The number of nitrogens with zero attached hydrogens (tertiary/aromatic N) is 3. The van der Waals surface area contributed by atoms with Crippen molar-refractivity contribution in [3.63, 3.8) is 0 Å². The lowest BCUT2D eigenvalue weighted by Crippen LogP contribution is -2.13. The third-order valence-electron chi connectivity index (χ3n) is 2.95. The minimum absolute atomic E-state index is 0.248. The summed E-state index contributed by atoms with van der Waals surface area (Å²) in [5.74, 6) is 0.135. The van der Waals surface area contributed by atoms with Gasteiger partial charge in [0.1, 0.15) is 12.4 Å². The maximum Gasteiger partial charge on any atom is 0.360 e. The topological polar surface area (TPSA) is 66.2 Å². The van der Waals surface area contributed by atoms with E-state index in [1.807, 2.05) is 19.1 Å². The molecule has 0 atom stereocenters. The Morgan fingerprint density at radius 2 is 2.14 bits per heavy atom. The van der Waals surface area contributed by atoms with Crippen molar-refractivity contribution < 1.29 is 14.3 Å². The highest BCUT2D eigenvalue weighted by Crippen LogP contribution is 2.23. The van der Waals surface area contributed by atoms with Gasteiger partial charge in [0.15, 0.2) is 5.69 Å². The van der Waals surface area contributed by atoms with Crippen LogP contribution in [0.25, 0.3) is 0 Å². The Bertz CT molecular complexity index is 628. The fourth-order valence-electron chi connectivity index (χ4n) is 1.92. The SMILES string of the molecule is CCc1c(C(=O)OC)nnn1CCOc1ccccc1Cl. The van der Waals surface area contributed by atoms with Gasteiger partial charge in [-0.2, -0.15) is 0 Å². The zero-order chi connectivity index (χ0) is 15.2. The number of benzene rings is 1. The highest BCUT2D eigenvalue weighted by molar-refractivity contribution is 6.32. The lowest BCUT2D eigenvalue weighted by Gasteiger charge is -2.09. The van der Waals surface area contributed by atoms with Gasteiger partial charge in [-0.05, 0) is 18.6 Å². The Morgan fingerprint density at radius 1 is 1.38 bits per heavy atom. The van der Waals surface area contributed by atoms with Crippen LogP contribution in [0.2, 0.25) is 5.02 Å². The maximum atomic E-state index is 11.6. The fraction of sp³-hybridized carbons (Fsp3) is 0.357. The second kappa shape index (κ2) is 7.08. The summed E-state index contributed by atoms with van der Waals surface area (Å²) in [4.78, 5) is 11.6. The Kier molecular flexibility index (Phi) is 5.16. The average molecular weight is 310 g/mol. The number of ether oxygens (including phenoxy) is 2. The molecule has 112 valence electrons. The Labute approximate surface area is 127 Å². The minimum Gasteiger partial charge on any atom is -0.490 e. The van der Waals surface area contributed by atoms with Crippen molar-refractivity contribution in [3.8, 4) is 5.75 Å². The molecule has 1 heterocycles. The largest absolute Gasteiger partial charge is 0.490 e. The Balaban J connectivity index is 2.02. The molecule has 0 bridgehead atoms. The number of methoxy groups -OCH3 is 1. The van der Waals surface area contributed by atoms with Crippen LogP contribution in [-0.4, -0.2) is 34.7 Å². The summed E-state index contributed by atoms with van der Waals surface area (Å²) < 4.78 is 11.9. The third kappa shape index (κ3) is 3.52. The first kappa shape index (κ1) is 15.3. The molecule has 1 aromatic heterocycles. The molecule has 21 heavy (non-hydrogen) atoms. The van der Waals surface area contributed by atoms with Crippen LogP contribution in [0.4, 0.5) is 0 Å². The van der Waals surface area contributed by atoms with Crippen molar-refractivity contribution in [2.75, 3.05) is 13.7 Å². The molecule has 0 aliphatic carbocycles. The van der Waals surface area contributed by atoms with Crippen molar-refractivity contribution in [3.05, 3.63) is 40.7 Å². The predicted octanol–water partition coefficient (Wildman–Crippen LogP) is 2.36. The zero-order valence-corrected chi connectivity index (χ0v) is 12.6. The molecule has 0 amide bonds. The van der Waals surface area contributed by atoms with E-state index < -0.39 is 5.97 Å². The second-order valence-corrected chi connectivity index (χ2v) is 4.64. The molecular weight excluding hydrogens is 294 g/mol. The molecule has 0 radical (unpaired) electrons. The summed E-state index contributed by atoms with van der Waals surface area (Å²) in [7, 11) is 1.32. The molecule has 0 saturated carbocycles. The number of hydrogen-bond acceptors (Lipinski definition) is 5. The van der Waals surface area contributed by atoms with E-state index in [1.165, 1.54) is 7.11 Å². The summed E-state index contributed by atoms with van der Waals surface area (Å²) in [5, 5.41) is 8.38. The quantitative estimate of drug-likeness (QED) is 0.766. The van der Waals surface area contributed by atoms with E-state index in [9.17, 15) is 4.79 Å². The molecular formula is C14H16ClN3O3. The first-order valence-corrected chi connectivity index (χ1v) is 6.93. The van der Waals surface area contributed by atoms with Crippen LogP contribution < -0.4 is 4.74 Å². The van der Waals surface area contributed by atoms with Gasteiger partial charge in [0, 0.05) is 0 Å². The van der Waals surface area contributed by atoms with E-state index in [0.29, 0.717) is 30.3 Å². The van der Waals surface area contributed by atoms with Crippen molar-refractivity contribution in [2.45, 2.75) is 19.9 Å². The van der Waals surface area contributed by atoms with Gasteiger partial charge in [-0.1, -0.05) is 35.9 Å². The van der Waals surface area contributed by atoms with Crippen LogP contribution in [0, 0.1) is 0 Å². The van der Waals surface area contributed by atoms with Crippen LogP contribution >= 0.6 is 11.6 Å². The molecule has 0 fully saturated rings. The number of esters is 1. The lowest BCUT2D eigenvalue weighted by atomic mass is 10.2. The number of carbonyl (C=O) groups excluding carboxylic acids is 1. The minimum atomic E-state index is -0.481. The number of aromatic nitrogens is 3. The summed E-state index contributed by atoms with van der Waals surface area (Å²) in [5.41, 5.74) is 0.974. The van der Waals surface area contributed by atoms with Crippen LogP contribution in [0.5, 0.6) is 5.75 Å². The first-order valence-electron chi connectivity index (χ1n) is 6.55. The molecule has 1 aromatic carbocycles. The molecule has 0 aliphatic rings. The van der Waals surface area contributed by atoms with Crippen molar-refractivity contribution in [1.29, 1.82) is 0 Å². The normalized spacial score (nSPS) is 10.4. The molecule has 2 aromatic rings. The van der Waals surface area contributed by atoms with Crippen LogP contribution in [0.15, 0.2) is 24.3 Å². The number of hydrogen-bond donors (Lipinski definition) is 0. The molecule has 7 heteroatoms. The summed E-state index contributed by atoms with van der Waals surface area (Å²) >= 11 is 6.01. The Morgan fingerprint density at radius 3 is 2.81 bits per heavy atom. The van der Waals surface area contributed by atoms with Crippen molar-refractivity contribution >= 4 is 17.6 Å². The average Bonchev–Trinajstić information content (AvgIpc) is 2.91. The van der Waals surface area contributed by atoms with Gasteiger partial charge < -0.3 is 9.47 Å². The van der Waals surface area contributed by atoms with Crippen LogP contribution in [0.1, 0.15) is 23.1 Å². The standard InChI is InChI=1S/C14H16ClN3O3/c1-3-11-13(14(19)20-2)16-17-18(11)8-9-21-12-7-5-4-6-10(12)15/h4-7H,3,8-9H2,1-2H3. The number of rotatable bonds is 6. The first-order chi connectivity index (χ1) is 10.2. The van der Waals surface area contributed by atoms with Gasteiger partial charge in [-0.15, -0.1) is 5.10 Å². The molecule has 2 rings (SSSR count). The third-order valence-corrected chi connectivity index (χ3v) is 3.26. The lowest BCUT2D eigenvalue weighted by molar-refractivity contribution is 0.0592. The molecule has 6 nitrogen and oxygen atoms in total. The van der Waals surface area contributed by atoms with Gasteiger partial charge in [0.2, 0.25) is 0 Å². The van der Waals surface area contributed by atoms with E-state index in [-0.39, 0.29) is 5.69 Å². The van der Waals surface area contributed by atoms with Gasteiger partial charge in [-0.3, -0.25) is 0 Å². The van der Waals surface area contributed by atoms with Crippen LogP contribution in [-0.2, 0) is 17.7 Å². The Hall–Kier alpha value is -2.08. The highest BCUT2D eigenvalue weighted by Gasteiger charge is 2.18. The second-order valence-electron chi connectivity index (χ2n) is 4.23. The summed E-state index contributed by atoms with van der Waals surface area (Å²) in [6.45, 7) is 2.77. The van der Waals surface area contributed by atoms with Gasteiger partial charge in [-0.25, -0.2) is 9.48 Å². The van der Waals surface area contributed by atoms with Gasteiger partial charge in [0.05, 0.1) is 24.4 Å². The number of halogens is 1. The van der Waals surface area contributed by atoms with Gasteiger partial charge >= 0.3 is 5.97 Å². The van der Waals surface area contributed by atoms with E-state index in [4.69, 9.17) is 16.3 Å². The van der Waals surface area contributed by atoms with E-state index in [2.05, 4.69) is 15.0 Å². The number of para-hydroxylation sites is 1. The fourth-order valence-corrected chi connectivity index (χ4v) is 2.11.